The van der Waals surface area contributed by atoms with Gasteiger partial charge in [0, 0.05) is 43.3 Å². The summed E-state index contributed by atoms with van der Waals surface area (Å²) in [5, 5.41) is 5.05. The second-order valence-corrected chi connectivity index (χ2v) is 6.76. The number of nitrogens with zero attached hydrogens (tertiary/aromatic N) is 2. The van der Waals surface area contributed by atoms with Crippen LogP contribution in [0.2, 0.25) is 0 Å². The number of benzene rings is 1. The zero-order valence-electron chi connectivity index (χ0n) is 14.3. The number of piperidine rings is 1. The second kappa shape index (κ2) is 6.89. The van der Waals surface area contributed by atoms with Crippen molar-refractivity contribution in [3.8, 4) is 0 Å². The highest BCUT2D eigenvalue weighted by Gasteiger charge is 2.31. The number of hydrogen-bond acceptors (Lipinski definition) is 5. The lowest BCUT2D eigenvalue weighted by Crippen LogP contribution is -2.46. The Labute approximate surface area is 140 Å². The highest BCUT2D eigenvalue weighted by molar-refractivity contribution is 5.79. The third-order valence-electron chi connectivity index (χ3n) is 4.60. The maximum atomic E-state index is 13.3. The summed E-state index contributed by atoms with van der Waals surface area (Å²) in [5.41, 5.74) is 1.39. The molecule has 1 saturated heterocycles. The number of fused-ring (bicyclic) bond motifs is 1. The lowest BCUT2D eigenvalue weighted by atomic mass is 9.91. The number of likely N-dealkylation sites (tertiary alicyclic amines) is 1. The van der Waals surface area contributed by atoms with Gasteiger partial charge in [-0.1, -0.05) is 19.0 Å². The molecule has 0 saturated carbocycles. The van der Waals surface area contributed by atoms with Gasteiger partial charge in [0.15, 0.2) is 11.8 Å². The molecule has 24 heavy (non-hydrogen) atoms. The van der Waals surface area contributed by atoms with Crippen LogP contribution in [0.1, 0.15) is 45.2 Å². The van der Waals surface area contributed by atoms with Crippen molar-refractivity contribution in [1.82, 2.24) is 10.1 Å². The fourth-order valence-corrected chi connectivity index (χ4v) is 3.45. The van der Waals surface area contributed by atoms with E-state index < -0.39 is 0 Å². The summed E-state index contributed by atoms with van der Waals surface area (Å²) in [5.74, 6) is -0.0547. The summed E-state index contributed by atoms with van der Waals surface area (Å²) in [7, 11) is 0. The van der Waals surface area contributed by atoms with Crippen molar-refractivity contribution in [2.24, 2.45) is 5.92 Å². The first-order valence-electron chi connectivity index (χ1n) is 8.42. The molecule has 2 heterocycles. The maximum Gasteiger partial charge on any atom is 0.304 e. The molecule has 0 aliphatic carbocycles. The molecule has 1 aliphatic rings. The van der Waals surface area contributed by atoms with Crippen LogP contribution in [-0.4, -0.2) is 35.3 Å². The first kappa shape index (κ1) is 16.9. The summed E-state index contributed by atoms with van der Waals surface area (Å²) in [4.78, 5) is 13.5. The molecule has 1 aromatic heterocycles. The Balaban J connectivity index is 1.71. The Bertz CT molecular complexity index is 720. The molecule has 5 nitrogen and oxygen atoms in total. The molecule has 6 heteroatoms. The largest absolute Gasteiger partial charge is 0.446 e. The summed E-state index contributed by atoms with van der Waals surface area (Å²) in [6.45, 7) is 7.22. The third kappa shape index (κ3) is 3.43. The van der Waals surface area contributed by atoms with Crippen LogP contribution >= 0.6 is 0 Å². The average Bonchev–Trinajstić information content (AvgIpc) is 2.95. The predicted octanol–water partition coefficient (Wildman–Crippen LogP) is 3.69. The summed E-state index contributed by atoms with van der Waals surface area (Å²) in [6.07, 6.45) is 1.62. The molecule has 0 radical (unpaired) electrons. The van der Waals surface area contributed by atoms with E-state index in [9.17, 15) is 9.18 Å². The Morgan fingerprint density at radius 3 is 2.71 bits per heavy atom. The molecular weight excluding hydrogens is 311 g/mol. The zero-order valence-corrected chi connectivity index (χ0v) is 14.3. The van der Waals surface area contributed by atoms with E-state index in [1.165, 1.54) is 19.1 Å². The fourth-order valence-electron chi connectivity index (χ4n) is 3.45. The normalized spacial score (nSPS) is 18.2. The molecule has 1 fully saturated rings. The Morgan fingerprint density at radius 1 is 1.38 bits per heavy atom. The SMILES string of the molecule is CC(=O)O[C@H](C(C)C)N1CCC(c2noc3cc(F)ccc23)CC1. The molecule has 0 unspecified atom stereocenters. The summed E-state index contributed by atoms with van der Waals surface area (Å²) >= 11 is 0. The Kier molecular flexibility index (Phi) is 4.85. The van der Waals surface area contributed by atoms with Crippen molar-refractivity contribution in [2.45, 2.75) is 45.8 Å². The first-order chi connectivity index (χ1) is 11.5. The number of carbonyl (C=O) groups is 1. The minimum atomic E-state index is -0.318. The number of halogens is 1. The number of aromatic nitrogens is 1. The van der Waals surface area contributed by atoms with E-state index in [0.29, 0.717) is 5.58 Å². The van der Waals surface area contributed by atoms with Crippen molar-refractivity contribution in [3.05, 3.63) is 29.7 Å². The van der Waals surface area contributed by atoms with Crippen LogP contribution in [0.4, 0.5) is 4.39 Å². The molecule has 130 valence electrons. The van der Waals surface area contributed by atoms with E-state index in [0.717, 1.165) is 37.0 Å². The molecule has 1 aromatic carbocycles. The predicted molar refractivity (Wildman–Crippen MR) is 87.9 cm³/mol. The second-order valence-electron chi connectivity index (χ2n) is 6.76. The smallest absolute Gasteiger partial charge is 0.304 e. The van der Waals surface area contributed by atoms with Crippen LogP contribution < -0.4 is 0 Å². The van der Waals surface area contributed by atoms with Crippen molar-refractivity contribution in [2.75, 3.05) is 13.1 Å². The fraction of sp³-hybridized carbons (Fsp3) is 0.556. The number of carbonyl (C=O) groups excluding carboxylic acids is 1. The highest BCUT2D eigenvalue weighted by Crippen LogP contribution is 2.34. The Morgan fingerprint density at radius 2 is 2.08 bits per heavy atom. The third-order valence-corrected chi connectivity index (χ3v) is 4.60. The molecule has 1 aliphatic heterocycles. The summed E-state index contributed by atoms with van der Waals surface area (Å²) in [6, 6.07) is 4.54. The van der Waals surface area contributed by atoms with Crippen LogP contribution in [0.5, 0.6) is 0 Å². The van der Waals surface area contributed by atoms with Crippen LogP contribution in [-0.2, 0) is 9.53 Å². The van der Waals surface area contributed by atoms with Crippen LogP contribution in [0.15, 0.2) is 22.7 Å². The molecule has 0 N–H and O–H groups in total. The molecule has 0 amide bonds. The molecule has 1 atom stereocenters. The Hall–Kier alpha value is -1.95. The topological polar surface area (TPSA) is 55.6 Å². The van der Waals surface area contributed by atoms with Crippen molar-refractivity contribution in [3.63, 3.8) is 0 Å². The average molecular weight is 334 g/mol. The molecule has 3 rings (SSSR count). The minimum Gasteiger partial charge on any atom is -0.446 e. The highest BCUT2D eigenvalue weighted by atomic mass is 19.1. The van der Waals surface area contributed by atoms with Gasteiger partial charge >= 0.3 is 5.97 Å². The van der Waals surface area contributed by atoms with E-state index in [-0.39, 0.29) is 29.9 Å². The zero-order chi connectivity index (χ0) is 17.3. The molecule has 0 bridgehead atoms. The lowest BCUT2D eigenvalue weighted by molar-refractivity contribution is -0.162. The molecular formula is C18H23FN2O3. The van der Waals surface area contributed by atoms with Crippen molar-refractivity contribution in [1.29, 1.82) is 0 Å². The monoisotopic (exact) mass is 334 g/mol. The lowest BCUT2D eigenvalue weighted by Gasteiger charge is -2.38. The van der Waals surface area contributed by atoms with Gasteiger partial charge in [0.2, 0.25) is 0 Å². The number of ether oxygens (including phenoxy) is 1. The van der Waals surface area contributed by atoms with Gasteiger partial charge in [-0.15, -0.1) is 0 Å². The van der Waals surface area contributed by atoms with Gasteiger partial charge in [0.1, 0.15) is 5.82 Å². The minimum absolute atomic E-state index is 0.188. The van der Waals surface area contributed by atoms with E-state index in [1.807, 2.05) is 0 Å². The van der Waals surface area contributed by atoms with Gasteiger partial charge in [-0.2, -0.15) is 0 Å². The molecule has 2 aromatic rings. The van der Waals surface area contributed by atoms with Crippen molar-refractivity contribution < 1.29 is 18.4 Å². The van der Waals surface area contributed by atoms with Gasteiger partial charge in [0.05, 0.1) is 5.69 Å². The van der Waals surface area contributed by atoms with Gasteiger partial charge < -0.3 is 9.26 Å². The van der Waals surface area contributed by atoms with Crippen LogP contribution in [0.3, 0.4) is 0 Å². The van der Waals surface area contributed by atoms with Gasteiger partial charge in [-0.05, 0) is 25.0 Å². The number of rotatable bonds is 4. The van der Waals surface area contributed by atoms with E-state index in [2.05, 4.69) is 23.9 Å². The van der Waals surface area contributed by atoms with E-state index >= 15 is 0 Å². The first-order valence-corrected chi connectivity index (χ1v) is 8.42. The van der Waals surface area contributed by atoms with E-state index in [4.69, 9.17) is 9.26 Å². The van der Waals surface area contributed by atoms with Gasteiger partial charge in [-0.3, -0.25) is 9.69 Å². The molecule has 0 spiro atoms. The van der Waals surface area contributed by atoms with Gasteiger partial charge in [0.25, 0.3) is 0 Å². The van der Waals surface area contributed by atoms with Crippen LogP contribution in [0.25, 0.3) is 11.0 Å². The standard InChI is InChI=1S/C18H23FN2O3/c1-11(2)18(23-12(3)22)21-8-6-13(7-9-21)17-15-5-4-14(19)10-16(15)24-20-17/h4-5,10-11,13,18H,6-9H2,1-3H3/t18-/m1/s1. The number of hydrogen-bond donors (Lipinski definition) is 0. The van der Waals surface area contributed by atoms with Crippen molar-refractivity contribution >= 4 is 16.9 Å². The number of esters is 1. The summed E-state index contributed by atoms with van der Waals surface area (Å²) < 4.78 is 24.0. The maximum absolute atomic E-state index is 13.3. The van der Waals surface area contributed by atoms with Gasteiger partial charge in [-0.25, -0.2) is 4.39 Å². The quantitative estimate of drug-likeness (QED) is 0.798. The van der Waals surface area contributed by atoms with Crippen LogP contribution in [0, 0.1) is 11.7 Å². The van der Waals surface area contributed by atoms with E-state index in [1.54, 1.807) is 6.07 Å².